The summed E-state index contributed by atoms with van der Waals surface area (Å²) in [4.78, 5) is 38.7. The van der Waals surface area contributed by atoms with Crippen molar-refractivity contribution in [1.29, 1.82) is 0 Å². The van der Waals surface area contributed by atoms with Gasteiger partial charge in [0, 0.05) is 53.5 Å². The van der Waals surface area contributed by atoms with Gasteiger partial charge in [0.1, 0.15) is 6.11 Å². The van der Waals surface area contributed by atoms with Crippen molar-refractivity contribution in [2.75, 3.05) is 5.73 Å². The molecular formula is C40H35N3O8. The van der Waals surface area contributed by atoms with Crippen molar-refractivity contribution < 1.29 is 30.0 Å². The Morgan fingerprint density at radius 3 is 1.71 bits per heavy atom. The van der Waals surface area contributed by atoms with E-state index in [2.05, 4.69) is 6.11 Å². The molecular weight excluding hydrogens is 650 g/mol. The first-order valence-electron chi connectivity index (χ1n) is 16.0. The molecule has 0 unspecified atom stereocenters. The first-order valence-corrected chi connectivity index (χ1v) is 16.0. The van der Waals surface area contributed by atoms with Crippen LogP contribution in [0.4, 0.5) is 5.69 Å². The number of aliphatic hydroxyl groups excluding tert-OH is 4. The van der Waals surface area contributed by atoms with Gasteiger partial charge in [-0.05, 0) is 58.1 Å². The highest BCUT2D eigenvalue weighted by atomic mass is 16.5. The molecule has 0 aliphatic heterocycles. The summed E-state index contributed by atoms with van der Waals surface area (Å²) in [5, 5.41) is 39.9. The number of Topliss-reactive ketones (excluding diaryl/α,β-unsaturated/α-hetero) is 1. The van der Waals surface area contributed by atoms with E-state index in [9.17, 15) is 34.8 Å². The average Bonchev–Trinajstić information content (AvgIpc) is 3.15. The predicted molar refractivity (Wildman–Crippen MR) is 195 cm³/mol. The number of aliphatic hydroxyl groups is 4. The molecule has 0 amide bonds. The van der Waals surface area contributed by atoms with Crippen LogP contribution in [0.15, 0.2) is 82.4 Å². The van der Waals surface area contributed by atoms with Crippen molar-refractivity contribution in [2.24, 2.45) is 14.1 Å². The summed E-state index contributed by atoms with van der Waals surface area (Å²) in [7, 11) is 3.26. The van der Waals surface area contributed by atoms with Crippen LogP contribution in [-0.4, -0.2) is 35.3 Å². The summed E-state index contributed by atoms with van der Waals surface area (Å²) in [6, 6.07) is 21.1. The van der Waals surface area contributed by atoms with E-state index in [1.807, 2.05) is 24.3 Å². The smallest absolute Gasteiger partial charge is 0.258 e. The van der Waals surface area contributed by atoms with E-state index in [1.165, 1.54) is 9.13 Å². The Balaban J connectivity index is 0.000000176. The van der Waals surface area contributed by atoms with Gasteiger partial charge in [0.15, 0.2) is 11.5 Å². The van der Waals surface area contributed by atoms with Crippen LogP contribution in [0.25, 0.3) is 44.1 Å². The highest BCUT2D eigenvalue weighted by Crippen LogP contribution is 2.39. The van der Waals surface area contributed by atoms with Crippen LogP contribution in [-0.2, 0) is 46.9 Å². The number of terminal acetylenes is 1. The molecule has 2 aromatic heterocycles. The molecule has 1 aliphatic rings. The SMILES string of the molecule is C#COc1c(-c2ccccc2N)n(C)c(=O)c2cc(CO)c(CO)cc12.Cn1c2c(c3cc(CO)c(CO)cc3c1=O)C(=O)Cc1ccccc1-2. The molecule has 7 rings (SSSR count). The van der Waals surface area contributed by atoms with E-state index in [4.69, 9.17) is 16.9 Å². The van der Waals surface area contributed by atoms with Crippen LogP contribution in [0.2, 0.25) is 0 Å². The number of fused-ring (bicyclic) bond motifs is 6. The van der Waals surface area contributed by atoms with Gasteiger partial charge in [-0.1, -0.05) is 48.9 Å². The third-order valence-corrected chi connectivity index (χ3v) is 9.35. The minimum Gasteiger partial charge on any atom is -0.405 e. The summed E-state index contributed by atoms with van der Waals surface area (Å²) in [6.07, 6.45) is 7.81. The number of benzene rings is 4. The normalized spacial score (nSPS) is 11.8. The summed E-state index contributed by atoms with van der Waals surface area (Å²) in [5.74, 6) is 0.247. The van der Waals surface area contributed by atoms with E-state index in [-0.39, 0.29) is 49.8 Å². The number of rotatable bonds is 6. The fourth-order valence-electron chi connectivity index (χ4n) is 6.80. The van der Waals surface area contributed by atoms with E-state index < -0.39 is 0 Å². The fraction of sp³-hybridized carbons (Fsp3) is 0.175. The third-order valence-electron chi connectivity index (χ3n) is 9.35. The number of nitrogens with two attached hydrogens (primary N) is 1. The number of para-hydroxylation sites is 1. The lowest BCUT2D eigenvalue weighted by molar-refractivity contribution is 0.0992. The third kappa shape index (κ3) is 5.86. The molecule has 0 saturated heterocycles. The Morgan fingerprint density at radius 1 is 0.686 bits per heavy atom. The van der Waals surface area contributed by atoms with E-state index in [0.717, 1.165) is 11.1 Å². The second-order valence-electron chi connectivity index (χ2n) is 12.2. The van der Waals surface area contributed by atoms with Crippen molar-refractivity contribution in [3.8, 4) is 40.8 Å². The molecule has 4 aromatic carbocycles. The summed E-state index contributed by atoms with van der Waals surface area (Å²) >= 11 is 0. The maximum Gasteiger partial charge on any atom is 0.258 e. The highest BCUT2D eigenvalue weighted by Gasteiger charge is 2.28. The number of ketones is 1. The standard InChI is InChI=1S/C20H18N2O4.C20H17NO4/c1-3-26-19-15-8-12(10-23)13(11-24)9-16(15)20(25)22(2)18(19)14-6-4-5-7-17(14)21;1-21-19-14-5-3-2-4-11(14)8-17(24)18(19)15-6-12(9-22)13(10-23)7-16(15)20(21)25/h1,4-9,23-24H,10-11,21H2,2H3;2-7,22-23H,8-10H2,1H3. The van der Waals surface area contributed by atoms with Crippen LogP contribution in [0.5, 0.6) is 5.75 Å². The molecule has 1 aliphatic carbocycles. The van der Waals surface area contributed by atoms with Crippen molar-refractivity contribution in [2.45, 2.75) is 32.8 Å². The minimum absolute atomic E-state index is 0.0464. The molecule has 0 bridgehead atoms. The van der Waals surface area contributed by atoms with Gasteiger partial charge >= 0.3 is 0 Å². The molecule has 6 aromatic rings. The topological polar surface area (TPSA) is 177 Å². The number of nitrogens with zero attached hydrogens (tertiary/aromatic N) is 2. The maximum atomic E-state index is 12.9. The largest absolute Gasteiger partial charge is 0.405 e. The first kappa shape index (κ1) is 34.8. The summed E-state index contributed by atoms with van der Waals surface area (Å²) in [5.41, 5.74) is 12.0. The van der Waals surface area contributed by atoms with Gasteiger partial charge in [-0.25, -0.2) is 0 Å². The predicted octanol–water partition coefficient (Wildman–Crippen LogP) is 3.67. The average molecular weight is 686 g/mol. The molecule has 0 spiro atoms. The van der Waals surface area contributed by atoms with E-state index >= 15 is 0 Å². The second-order valence-corrected chi connectivity index (χ2v) is 12.2. The van der Waals surface area contributed by atoms with Crippen LogP contribution < -0.4 is 21.6 Å². The van der Waals surface area contributed by atoms with Gasteiger partial charge in [-0.3, -0.25) is 14.4 Å². The van der Waals surface area contributed by atoms with Gasteiger partial charge in [-0.2, -0.15) is 0 Å². The zero-order valence-corrected chi connectivity index (χ0v) is 27.9. The number of anilines is 1. The van der Waals surface area contributed by atoms with E-state index in [1.54, 1.807) is 62.6 Å². The molecule has 0 atom stereocenters. The van der Waals surface area contributed by atoms with Gasteiger partial charge < -0.3 is 40.0 Å². The molecule has 2 heterocycles. The quantitative estimate of drug-likeness (QED) is 0.129. The summed E-state index contributed by atoms with van der Waals surface area (Å²) < 4.78 is 8.36. The Labute approximate surface area is 292 Å². The number of carbonyl (C=O) groups excluding carboxylic acids is 1. The molecule has 11 nitrogen and oxygen atoms in total. The van der Waals surface area contributed by atoms with Gasteiger partial charge in [0.25, 0.3) is 11.1 Å². The monoisotopic (exact) mass is 685 g/mol. The van der Waals surface area contributed by atoms with Gasteiger partial charge in [0.05, 0.1) is 48.8 Å². The van der Waals surface area contributed by atoms with Crippen molar-refractivity contribution >= 4 is 33.0 Å². The molecule has 0 saturated carbocycles. The number of aromatic nitrogens is 2. The highest BCUT2D eigenvalue weighted by molar-refractivity contribution is 6.15. The number of pyridine rings is 2. The number of hydrogen-bond acceptors (Lipinski definition) is 9. The second kappa shape index (κ2) is 14.1. The lowest BCUT2D eigenvalue weighted by Gasteiger charge is -2.23. The molecule has 0 radical (unpaired) electrons. The number of carbonyl (C=O) groups is 1. The van der Waals surface area contributed by atoms with Crippen molar-refractivity contribution in [3.05, 3.63) is 127 Å². The zero-order chi connectivity index (χ0) is 36.6. The Bertz CT molecular complexity index is 2540. The van der Waals surface area contributed by atoms with Crippen LogP contribution in [0.3, 0.4) is 0 Å². The molecule has 0 fully saturated rings. The first-order chi connectivity index (χ1) is 24.6. The molecule has 258 valence electrons. The fourth-order valence-corrected chi connectivity index (χ4v) is 6.80. The minimum atomic E-state index is -0.298. The Kier molecular flexibility index (Phi) is 9.60. The Hall–Kier alpha value is -6.03. The Morgan fingerprint density at radius 2 is 1.16 bits per heavy atom. The molecule has 11 heteroatoms. The number of ether oxygens (including phenoxy) is 1. The summed E-state index contributed by atoms with van der Waals surface area (Å²) in [6.45, 7) is -1.13. The maximum absolute atomic E-state index is 12.9. The molecule has 6 N–H and O–H groups in total. The molecule has 51 heavy (non-hydrogen) atoms. The van der Waals surface area contributed by atoms with Crippen LogP contribution in [0, 0.1) is 12.5 Å². The van der Waals surface area contributed by atoms with Crippen molar-refractivity contribution in [1.82, 2.24) is 9.13 Å². The number of hydrogen-bond donors (Lipinski definition) is 5. The lowest BCUT2D eigenvalue weighted by atomic mass is 9.84. The van der Waals surface area contributed by atoms with Gasteiger partial charge in [0.2, 0.25) is 0 Å². The lowest BCUT2D eigenvalue weighted by Crippen LogP contribution is -2.26. The van der Waals surface area contributed by atoms with E-state index in [0.29, 0.717) is 77.8 Å². The van der Waals surface area contributed by atoms with Crippen LogP contribution >= 0.6 is 0 Å². The zero-order valence-electron chi connectivity index (χ0n) is 27.9. The van der Waals surface area contributed by atoms with Gasteiger partial charge in [-0.15, -0.1) is 0 Å². The van der Waals surface area contributed by atoms with Crippen LogP contribution in [0.1, 0.15) is 38.2 Å². The van der Waals surface area contributed by atoms with Crippen molar-refractivity contribution in [3.63, 3.8) is 0 Å². The number of nitrogen functional groups attached to an aromatic ring is 1.